The SMILES string of the molecule is O=C(Cc1ccc(-n2cnnn2)cc1)N1CCC(O)C(F)(F)C1. The van der Waals surface area contributed by atoms with Gasteiger partial charge in [-0.05, 0) is 34.5 Å². The predicted octanol–water partition coefficient (Wildman–Crippen LogP) is 0.433. The lowest BCUT2D eigenvalue weighted by atomic mass is 10.0. The van der Waals surface area contributed by atoms with Crippen molar-refractivity contribution in [3.05, 3.63) is 36.2 Å². The maximum absolute atomic E-state index is 13.5. The van der Waals surface area contributed by atoms with Gasteiger partial charge in [0.15, 0.2) is 0 Å². The van der Waals surface area contributed by atoms with Crippen LogP contribution >= 0.6 is 0 Å². The number of carbonyl (C=O) groups excluding carboxylic acids is 1. The van der Waals surface area contributed by atoms with Gasteiger partial charge < -0.3 is 10.0 Å². The summed E-state index contributed by atoms with van der Waals surface area (Å²) in [5, 5.41) is 20.0. The number of hydrogen-bond acceptors (Lipinski definition) is 5. The van der Waals surface area contributed by atoms with Crippen molar-refractivity contribution >= 4 is 5.91 Å². The fraction of sp³-hybridized carbons (Fsp3) is 0.429. The van der Waals surface area contributed by atoms with E-state index in [9.17, 15) is 18.7 Å². The fourth-order valence-electron chi connectivity index (χ4n) is 2.47. The lowest BCUT2D eigenvalue weighted by Gasteiger charge is -2.35. The second kappa shape index (κ2) is 5.99. The van der Waals surface area contributed by atoms with E-state index >= 15 is 0 Å². The first kappa shape index (κ1) is 15.5. The number of amides is 1. The van der Waals surface area contributed by atoms with Gasteiger partial charge in [-0.15, -0.1) is 5.10 Å². The molecule has 0 aliphatic carbocycles. The highest BCUT2D eigenvalue weighted by Gasteiger charge is 2.44. The number of halogens is 2. The molecule has 1 atom stereocenters. The van der Waals surface area contributed by atoms with Crippen LogP contribution in [-0.4, -0.2) is 61.2 Å². The van der Waals surface area contributed by atoms with E-state index in [0.29, 0.717) is 5.56 Å². The molecule has 9 heteroatoms. The number of alkyl halides is 2. The van der Waals surface area contributed by atoms with Crippen molar-refractivity contribution in [2.45, 2.75) is 24.9 Å². The molecule has 1 aliphatic rings. The summed E-state index contributed by atoms with van der Waals surface area (Å²) in [5.41, 5.74) is 1.44. The summed E-state index contributed by atoms with van der Waals surface area (Å²) in [6, 6.07) is 6.94. The van der Waals surface area contributed by atoms with E-state index in [4.69, 9.17) is 0 Å². The van der Waals surface area contributed by atoms with E-state index in [0.717, 1.165) is 10.6 Å². The molecule has 2 heterocycles. The van der Waals surface area contributed by atoms with Crippen molar-refractivity contribution in [2.75, 3.05) is 13.1 Å². The zero-order valence-corrected chi connectivity index (χ0v) is 12.1. The number of aliphatic hydroxyl groups excluding tert-OH is 1. The first-order valence-corrected chi connectivity index (χ1v) is 7.12. The zero-order valence-electron chi connectivity index (χ0n) is 12.1. The standard InChI is InChI=1S/C14H15F2N5O2/c15-14(16)8-20(6-5-12(14)22)13(23)7-10-1-3-11(4-2-10)21-9-17-18-19-21/h1-4,9,12,22H,5-8H2. The smallest absolute Gasteiger partial charge is 0.290 e. The quantitative estimate of drug-likeness (QED) is 0.886. The molecule has 3 rings (SSSR count). The number of carbonyl (C=O) groups is 1. The normalized spacial score (nSPS) is 20.5. The molecule has 1 aliphatic heterocycles. The van der Waals surface area contributed by atoms with Crippen molar-refractivity contribution in [2.24, 2.45) is 0 Å². The molecule has 0 saturated carbocycles. The van der Waals surface area contributed by atoms with Gasteiger partial charge in [-0.3, -0.25) is 4.79 Å². The van der Waals surface area contributed by atoms with Crippen LogP contribution < -0.4 is 0 Å². The van der Waals surface area contributed by atoms with Crippen LogP contribution in [0.25, 0.3) is 5.69 Å². The van der Waals surface area contributed by atoms with E-state index in [2.05, 4.69) is 15.5 Å². The van der Waals surface area contributed by atoms with Crippen molar-refractivity contribution in [3.8, 4) is 5.69 Å². The Hall–Kier alpha value is -2.42. The third-order valence-electron chi connectivity index (χ3n) is 3.82. The van der Waals surface area contributed by atoms with Crippen LogP contribution in [0.5, 0.6) is 0 Å². The number of piperidine rings is 1. The molecule has 7 nitrogen and oxygen atoms in total. The third-order valence-corrected chi connectivity index (χ3v) is 3.82. The molecule has 1 aromatic heterocycles. The summed E-state index contributed by atoms with van der Waals surface area (Å²) in [6.07, 6.45) is -0.317. The van der Waals surface area contributed by atoms with Gasteiger partial charge >= 0.3 is 0 Å². The molecule has 122 valence electrons. The van der Waals surface area contributed by atoms with Gasteiger partial charge in [0.2, 0.25) is 5.91 Å². The number of hydrogen-bond donors (Lipinski definition) is 1. The largest absolute Gasteiger partial charge is 0.387 e. The van der Waals surface area contributed by atoms with Gasteiger partial charge in [-0.25, -0.2) is 13.5 Å². The Balaban J connectivity index is 1.64. The first-order valence-electron chi connectivity index (χ1n) is 7.12. The van der Waals surface area contributed by atoms with Gasteiger partial charge in [0.05, 0.1) is 18.7 Å². The van der Waals surface area contributed by atoms with Gasteiger partial charge in [0, 0.05) is 6.54 Å². The van der Waals surface area contributed by atoms with Crippen LogP contribution in [0.4, 0.5) is 8.78 Å². The second-order valence-electron chi connectivity index (χ2n) is 5.48. The van der Waals surface area contributed by atoms with Crippen molar-refractivity contribution in [3.63, 3.8) is 0 Å². The molecule has 23 heavy (non-hydrogen) atoms. The monoisotopic (exact) mass is 323 g/mol. The third kappa shape index (κ3) is 3.34. The Morgan fingerprint density at radius 3 is 2.70 bits per heavy atom. The minimum atomic E-state index is -3.25. The number of aliphatic hydroxyl groups is 1. The van der Waals surface area contributed by atoms with Gasteiger partial charge in [-0.1, -0.05) is 12.1 Å². The summed E-state index contributed by atoms with van der Waals surface area (Å²) >= 11 is 0. The van der Waals surface area contributed by atoms with Crippen LogP contribution in [0, 0.1) is 0 Å². The van der Waals surface area contributed by atoms with Crippen molar-refractivity contribution < 1.29 is 18.7 Å². The van der Waals surface area contributed by atoms with Gasteiger partial charge in [0.1, 0.15) is 12.4 Å². The van der Waals surface area contributed by atoms with Crippen LogP contribution in [0.1, 0.15) is 12.0 Å². The maximum atomic E-state index is 13.5. The topological polar surface area (TPSA) is 84.1 Å². The number of tetrazole rings is 1. The number of rotatable bonds is 3. The van der Waals surface area contributed by atoms with E-state index < -0.39 is 18.6 Å². The minimum Gasteiger partial charge on any atom is -0.387 e. The lowest BCUT2D eigenvalue weighted by molar-refractivity contribution is -0.164. The minimum absolute atomic E-state index is 0.0298. The lowest BCUT2D eigenvalue weighted by Crippen LogP contribution is -2.53. The molecule has 1 aromatic carbocycles. The number of nitrogens with zero attached hydrogens (tertiary/aromatic N) is 5. The number of benzene rings is 1. The van der Waals surface area contributed by atoms with Crippen LogP contribution in [0.2, 0.25) is 0 Å². The van der Waals surface area contributed by atoms with E-state index in [-0.39, 0.29) is 25.3 Å². The molecule has 1 N–H and O–H groups in total. The Kier molecular flexibility index (Phi) is 4.03. The highest BCUT2D eigenvalue weighted by molar-refractivity contribution is 5.79. The van der Waals surface area contributed by atoms with E-state index in [1.807, 2.05) is 0 Å². The Morgan fingerprint density at radius 2 is 2.09 bits per heavy atom. The molecular formula is C14H15F2N5O2. The molecule has 2 aromatic rings. The maximum Gasteiger partial charge on any atom is 0.290 e. The molecule has 1 amide bonds. The Morgan fingerprint density at radius 1 is 1.35 bits per heavy atom. The van der Waals surface area contributed by atoms with Crippen LogP contribution in [0.3, 0.4) is 0 Å². The summed E-state index contributed by atoms with van der Waals surface area (Å²) in [6.45, 7) is -0.603. The second-order valence-corrected chi connectivity index (χ2v) is 5.48. The highest BCUT2D eigenvalue weighted by atomic mass is 19.3. The van der Waals surface area contributed by atoms with E-state index in [1.54, 1.807) is 24.3 Å². The first-order chi connectivity index (χ1) is 11.0. The number of aromatic nitrogens is 4. The molecule has 0 radical (unpaired) electrons. The van der Waals surface area contributed by atoms with Crippen molar-refractivity contribution in [1.29, 1.82) is 0 Å². The van der Waals surface area contributed by atoms with Crippen LogP contribution in [-0.2, 0) is 11.2 Å². The molecule has 1 unspecified atom stereocenters. The summed E-state index contributed by atoms with van der Waals surface area (Å²) in [4.78, 5) is 13.2. The fourth-order valence-corrected chi connectivity index (χ4v) is 2.47. The summed E-state index contributed by atoms with van der Waals surface area (Å²) in [5.74, 6) is -3.63. The summed E-state index contributed by atoms with van der Waals surface area (Å²) < 4.78 is 28.5. The van der Waals surface area contributed by atoms with Crippen molar-refractivity contribution in [1.82, 2.24) is 25.1 Å². The van der Waals surface area contributed by atoms with E-state index in [1.165, 1.54) is 11.0 Å². The van der Waals surface area contributed by atoms with Gasteiger partial charge in [-0.2, -0.15) is 0 Å². The average Bonchev–Trinajstić information content (AvgIpc) is 3.05. The Bertz CT molecular complexity index is 675. The Labute approximate surface area is 130 Å². The summed E-state index contributed by atoms with van der Waals surface area (Å²) in [7, 11) is 0. The average molecular weight is 323 g/mol. The zero-order chi connectivity index (χ0) is 16.4. The van der Waals surface area contributed by atoms with Gasteiger partial charge in [0.25, 0.3) is 5.92 Å². The number of likely N-dealkylation sites (tertiary alicyclic amines) is 1. The molecule has 0 bridgehead atoms. The van der Waals surface area contributed by atoms with Crippen LogP contribution in [0.15, 0.2) is 30.6 Å². The molecular weight excluding hydrogens is 308 g/mol. The molecule has 1 saturated heterocycles. The highest BCUT2D eigenvalue weighted by Crippen LogP contribution is 2.27. The predicted molar refractivity (Wildman–Crippen MR) is 75.0 cm³/mol. The molecule has 1 fully saturated rings. The molecule has 0 spiro atoms.